The molecule has 0 aromatic heterocycles. The van der Waals surface area contributed by atoms with E-state index in [2.05, 4.69) is 43.1 Å². The van der Waals surface area contributed by atoms with Crippen LogP contribution in [0.3, 0.4) is 0 Å². The minimum absolute atomic E-state index is 0.0818. The maximum Gasteiger partial charge on any atom is 0.323 e. The van der Waals surface area contributed by atoms with E-state index < -0.39 is 5.97 Å². The first kappa shape index (κ1) is 19.3. The Morgan fingerprint density at radius 2 is 1.91 bits per heavy atom. The summed E-state index contributed by atoms with van der Waals surface area (Å²) >= 11 is 6.03. The van der Waals surface area contributed by atoms with Crippen LogP contribution >= 0.6 is 11.6 Å². The van der Waals surface area contributed by atoms with Gasteiger partial charge >= 0.3 is 5.97 Å². The number of hydrogen-bond donors (Lipinski definition) is 2. The number of carbonyl (C=O) groups is 1. The van der Waals surface area contributed by atoms with Crippen LogP contribution in [-0.2, 0) is 11.3 Å². The third kappa shape index (κ3) is 6.08. The molecule has 0 aliphatic rings. The molecule has 23 heavy (non-hydrogen) atoms. The first-order chi connectivity index (χ1) is 10.7. The SMILES string of the molecule is C=C(C(C)NCc1ccc(C)cc1)N(CC(=O)O)/C(C)=C(\C)Cl. The van der Waals surface area contributed by atoms with Gasteiger partial charge in [-0.05, 0) is 33.3 Å². The molecule has 0 bridgehead atoms. The monoisotopic (exact) mass is 336 g/mol. The highest BCUT2D eigenvalue weighted by Crippen LogP contribution is 2.19. The van der Waals surface area contributed by atoms with Crippen LogP contribution in [0.1, 0.15) is 31.9 Å². The second-order valence-corrected chi connectivity index (χ2v) is 6.25. The molecule has 0 aliphatic heterocycles. The largest absolute Gasteiger partial charge is 0.480 e. The number of rotatable bonds is 8. The molecule has 1 aromatic rings. The normalized spacial score (nSPS) is 13.3. The van der Waals surface area contributed by atoms with Crippen molar-refractivity contribution in [2.45, 2.75) is 40.3 Å². The zero-order valence-electron chi connectivity index (χ0n) is 14.2. The number of carboxylic acid groups (broad SMARTS) is 1. The standard InChI is InChI=1S/C18H25ClN2O2/c1-12-6-8-17(9-7-12)10-20-14(3)16(5)21(11-18(22)23)15(4)13(2)19/h6-9,14,20H,5,10-11H2,1-4H3,(H,22,23)/b15-13+. The number of halogens is 1. The predicted molar refractivity (Wildman–Crippen MR) is 95.2 cm³/mol. The summed E-state index contributed by atoms with van der Waals surface area (Å²) in [6, 6.07) is 8.19. The van der Waals surface area contributed by atoms with Crippen molar-refractivity contribution >= 4 is 17.6 Å². The number of nitrogens with one attached hydrogen (secondary N) is 1. The van der Waals surface area contributed by atoms with Gasteiger partial charge in [0.15, 0.2) is 0 Å². The molecule has 2 N–H and O–H groups in total. The van der Waals surface area contributed by atoms with Crippen molar-refractivity contribution in [1.29, 1.82) is 0 Å². The molecule has 0 aliphatic carbocycles. The van der Waals surface area contributed by atoms with Gasteiger partial charge in [-0.2, -0.15) is 0 Å². The minimum Gasteiger partial charge on any atom is -0.480 e. The van der Waals surface area contributed by atoms with Crippen molar-refractivity contribution in [1.82, 2.24) is 10.2 Å². The lowest BCUT2D eigenvalue weighted by atomic mass is 10.1. The molecule has 4 nitrogen and oxygen atoms in total. The van der Waals surface area contributed by atoms with Crippen LogP contribution in [0.15, 0.2) is 47.3 Å². The summed E-state index contributed by atoms with van der Waals surface area (Å²) in [6.45, 7) is 12.1. The van der Waals surface area contributed by atoms with Crippen molar-refractivity contribution < 1.29 is 9.90 Å². The summed E-state index contributed by atoms with van der Waals surface area (Å²) in [5, 5.41) is 13.0. The van der Waals surface area contributed by atoms with E-state index in [4.69, 9.17) is 16.7 Å². The van der Waals surface area contributed by atoms with E-state index in [1.54, 1.807) is 18.7 Å². The topological polar surface area (TPSA) is 52.6 Å². The van der Waals surface area contributed by atoms with Crippen LogP contribution in [0.5, 0.6) is 0 Å². The molecule has 5 heteroatoms. The molecular formula is C18H25ClN2O2. The van der Waals surface area contributed by atoms with Crippen molar-refractivity contribution in [3.8, 4) is 0 Å². The van der Waals surface area contributed by atoms with E-state index in [9.17, 15) is 4.79 Å². The van der Waals surface area contributed by atoms with Gasteiger partial charge in [0.05, 0.1) is 0 Å². The lowest BCUT2D eigenvalue weighted by Gasteiger charge is -2.30. The van der Waals surface area contributed by atoms with Gasteiger partial charge in [-0.1, -0.05) is 48.0 Å². The highest BCUT2D eigenvalue weighted by atomic mass is 35.5. The molecule has 0 radical (unpaired) electrons. The fourth-order valence-corrected chi connectivity index (χ4v) is 2.19. The smallest absolute Gasteiger partial charge is 0.323 e. The summed E-state index contributed by atoms with van der Waals surface area (Å²) < 4.78 is 0. The number of hydrogen-bond acceptors (Lipinski definition) is 3. The van der Waals surface area contributed by atoms with Crippen LogP contribution in [0.25, 0.3) is 0 Å². The van der Waals surface area contributed by atoms with Crippen molar-refractivity contribution in [2.75, 3.05) is 6.54 Å². The Morgan fingerprint density at radius 1 is 1.35 bits per heavy atom. The van der Waals surface area contributed by atoms with Crippen molar-refractivity contribution in [3.63, 3.8) is 0 Å². The summed E-state index contributed by atoms with van der Waals surface area (Å²) in [4.78, 5) is 12.7. The Morgan fingerprint density at radius 3 is 2.39 bits per heavy atom. The number of aryl methyl sites for hydroxylation is 1. The van der Waals surface area contributed by atoms with E-state index >= 15 is 0 Å². The van der Waals surface area contributed by atoms with Crippen LogP contribution in [-0.4, -0.2) is 28.6 Å². The number of carboxylic acids is 1. The average Bonchev–Trinajstić information content (AvgIpc) is 2.50. The van der Waals surface area contributed by atoms with E-state index in [0.29, 0.717) is 23.0 Å². The zero-order valence-corrected chi connectivity index (χ0v) is 14.9. The van der Waals surface area contributed by atoms with Crippen LogP contribution in [0.2, 0.25) is 0 Å². The summed E-state index contributed by atoms with van der Waals surface area (Å²) in [5.41, 5.74) is 3.76. The highest BCUT2D eigenvalue weighted by molar-refractivity contribution is 6.29. The highest BCUT2D eigenvalue weighted by Gasteiger charge is 2.19. The van der Waals surface area contributed by atoms with Gasteiger partial charge in [-0.15, -0.1) is 0 Å². The van der Waals surface area contributed by atoms with Gasteiger partial charge in [0, 0.05) is 29.0 Å². The lowest BCUT2D eigenvalue weighted by Crippen LogP contribution is -2.38. The lowest BCUT2D eigenvalue weighted by molar-refractivity contribution is -0.137. The molecular weight excluding hydrogens is 312 g/mol. The van der Waals surface area contributed by atoms with E-state index in [-0.39, 0.29) is 12.6 Å². The molecule has 1 unspecified atom stereocenters. The first-order valence-electron chi connectivity index (χ1n) is 7.52. The van der Waals surface area contributed by atoms with Crippen molar-refractivity contribution in [3.05, 3.63) is 58.4 Å². The van der Waals surface area contributed by atoms with Crippen molar-refractivity contribution in [2.24, 2.45) is 0 Å². The molecule has 0 heterocycles. The maximum atomic E-state index is 11.1. The van der Waals surface area contributed by atoms with Crippen LogP contribution < -0.4 is 5.32 Å². The van der Waals surface area contributed by atoms with Gasteiger partial charge in [0.25, 0.3) is 0 Å². The third-order valence-electron chi connectivity index (χ3n) is 3.78. The Kier molecular flexibility index (Phi) is 7.33. The molecule has 126 valence electrons. The van der Waals surface area contributed by atoms with Gasteiger partial charge in [-0.3, -0.25) is 4.79 Å². The molecule has 0 saturated carbocycles. The average molecular weight is 337 g/mol. The fourth-order valence-electron chi connectivity index (χ4n) is 2.09. The zero-order chi connectivity index (χ0) is 17.6. The molecule has 1 rings (SSSR count). The molecule has 1 aromatic carbocycles. The van der Waals surface area contributed by atoms with E-state index in [1.165, 1.54) is 11.1 Å². The quantitative estimate of drug-likeness (QED) is 0.756. The Hall–Kier alpha value is -1.78. The Balaban J connectivity index is 2.76. The third-order valence-corrected chi connectivity index (χ3v) is 4.05. The number of allylic oxidation sites excluding steroid dienone is 2. The van der Waals surface area contributed by atoms with Gasteiger partial charge in [0.1, 0.15) is 6.54 Å². The summed E-state index contributed by atoms with van der Waals surface area (Å²) in [6.07, 6.45) is 0. The molecule has 0 saturated heterocycles. The Bertz CT molecular complexity index is 590. The molecule has 0 spiro atoms. The summed E-state index contributed by atoms with van der Waals surface area (Å²) in [5.74, 6) is -0.922. The second kappa shape index (κ2) is 8.75. The maximum absolute atomic E-state index is 11.1. The first-order valence-corrected chi connectivity index (χ1v) is 7.90. The Labute approximate surface area is 143 Å². The summed E-state index contributed by atoms with van der Waals surface area (Å²) in [7, 11) is 0. The predicted octanol–water partition coefficient (Wildman–Crippen LogP) is 3.86. The molecule has 0 amide bonds. The number of nitrogens with zero attached hydrogens (tertiary/aromatic N) is 1. The molecule has 1 atom stereocenters. The second-order valence-electron chi connectivity index (χ2n) is 5.68. The van der Waals surface area contributed by atoms with E-state index in [0.717, 1.165) is 0 Å². The number of aliphatic carboxylic acids is 1. The van der Waals surface area contributed by atoms with E-state index in [1.807, 2.05) is 6.92 Å². The number of benzene rings is 1. The van der Waals surface area contributed by atoms with Crippen LogP contribution in [0, 0.1) is 6.92 Å². The van der Waals surface area contributed by atoms with Gasteiger partial charge in [0.2, 0.25) is 0 Å². The molecule has 0 fully saturated rings. The van der Waals surface area contributed by atoms with Crippen LogP contribution in [0.4, 0.5) is 0 Å². The minimum atomic E-state index is -0.922. The van der Waals surface area contributed by atoms with Gasteiger partial charge in [-0.25, -0.2) is 0 Å². The van der Waals surface area contributed by atoms with Gasteiger partial charge < -0.3 is 15.3 Å². The fraction of sp³-hybridized carbons (Fsp3) is 0.389.